The Bertz CT molecular complexity index is 1230. The number of carbonyl (C=O) groups excluding carboxylic acids is 2. The van der Waals surface area contributed by atoms with Crippen molar-refractivity contribution in [3.63, 3.8) is 0 Å². The predicted molar refractivity (Wildman–Crippen MR) is 154 cm³/mol. The molecule has 0 radical (unpaired) electrons. The van der Waals surface area contributed by atoms with Crippen LogP contribution >= 0.6 is 0 Å². The van der Waals surface area contributed by atoms with Gasteiger partial charge in [0.05, 0.1) is 31.2 Å². The van der Waals surface area contributed by atoms with E-state index < -0.39 is 6.09 Å². The number of ether oxygens (including phenoxy) is 3. The summed E-state index contributed by atoms with van der Waals surface area (Å²) in [5.41, 5.74) is 0.841. The summed E-state index contributed by atoms with van der Waals surface area (Å²) in [5.74, 6) is 0.229. The highest BCUT2D eigenvalue weighted by atomic mass is 16.6. The lowest BCUT2D eigenvalue weighted by Gasteiger charge is -2.44. The zero-order valence-corrected chi connectivity index (χ0v) is 24.1. The van der Waals surface area contributed by atoms with E-state index >= 15 is 0 Å². The van der Waals surface area contributed by atoms with E-state index in [-0.39, 0.29) is 41.4 Å². The molecule has 5 rings (SSSR count). The zero-order chi connectivity index (χ0) is 28.8. The lowest BCUT2D eigenvalue weighted by Crippen LogP contribution is -2.60. The van der Waals surface area contributed by atoms with Crippen molar-refractivity contribution in [1.82, 2.24) is 19.7 Å². The van der Waals surface area contributed by atoms with Crippen molar-refractivity contribution >= 4 is 12.0 Å². The number of aryl methyl sites for hydroxylation is 1. The topological polar surface area (TPSA) is 102 Å². The number of hydrogen-bond donors (Lipinski definition) is 1. The van der Waals surface area contributed by atoms with Crippen LogP contribution in [0.3, 0.4) is 0 Å². The second kappa shape index (κ2) is 13.6. The minimum absolute atomic E-state index is 0.0394. The number of nitrogens with one attached hydrogen (secondary N) is 1. The van der Waals surface area contributed by atoms with Gasteiger partial charge in [-0.3, -0.25) is 14.5 Å². The number of para-hydroxylation sites is 1. The Hall–Kier alpha value is -3.21. The summed E-state index contributed by atoms with van der Waals surface area (Å²) in [6.07, 6.45) is 5.52. The van der Waals surface area contributed by atoms with Crippen LogP contribution in [-0.4, -0.2) is 91.1 Å². The molecule has 1 aliphatic carbocycles. The highest BCUT2D eigenvalue weighted by molar-refractivity contribution is 5.81. The average molecular weight is 567 g/mol. The lowest BCUT2D eigenvalue weighted by atomic mass is 9.80. The molecule has 222 valence electrons. The SMILES string of the molecule is COCCC[C@H]1COC[C@H](CN(C(=O)C2CNCCC2c2ccn(C)c(=O)c2)C2CC2)N1C(=O)Oc1ccccc1. The van der Waals surface area contributed by atoms with Gasteiger partial charge in [-0.15, -0.1) is 0 Å². The molecule has 1 N–H and O–H groups in total. The van der Waals surface area contributed by atoms with Crippen LogP contribution in [0, 0.1) is 5.92 Å². The summed E-state index contributed by atoms with van der Waals surface area (Å²) < 4.78 is 18.6. The highest BCUT2D eigenvalue weighted by Crippen LogP contribution is 2.36. The maximum atomic E-state index is 14.3. The van der Waals surface area contributed by atoms with Crippen LogP contribution < -0.4 is 15.6 Å². The summed E-state index contributed by atoms with van der Waals surface area (Å²) in [6, 6.07) is 12.3. The number of piperidine rings is 1. The van der Waals surface area contributed by atoms with Gasteiger partial charge >= 0.3 is 6.09 Å². The number of nitrogens with zero attached hydrogens (tertiary/aromatic N) is 3. The van der Waals surface area contributed by atoms with E-state index in [4.69, 9.17) is 14.2 Å². The highest BCUT2D eigenvalue weighted by Gasteiger charge is 2.44. The quantitative estimate of drug-likeness (QED) is 0.442. The Morgan fingerprint density at radius 3 is 2.61 bits per heavy atom. The molecule has 4 atom stereocenters. The van der Waals surface area contributed by atoms with E-state index in [0.29, 0.717) is 45.1 Å². The summed E-state index contributed by atoms with van der Waals surface area (Å²) >= 11 is 0. The average Bonchev–Trinajstić information content (AvgIpc) is 3.83. The molecule has 2 unspecified atom stereocenters. The van der Waals surface area contributed by atoms with Crippen molar-refractivity contribution in [1.29, 1.82) is 0 Å². The van der Waals surface area contributed by atoms with Crippen molar-refractivity contribution in [2.24, 2.45) is 13.0 Å². The van der Waals surface area contributed by atoms with Gasteiger partial charge in [-0.25, -0.2) is 4.79 Å². The third-order valence-corrected chi connectivity index (χ3v) is 8.49. The van der Waals surface area contributed by atoms with Crippen LogP contribution in [-0.2, 0) is 21.3 Å². The number of aromatic nitrogens is 1. The number of benzene rings is 1. The molecule has 2 amide bonds. The van der Waals surface area contributed by atoms with Crippen molar-refractivity contribution < 1.29 is 23.8 Å². The second-order valence-electron chi connectivity index (χ2n) is 11.4. The largest absolute Gasteiger partial charge is 0.415 e. The van der Waals surface area contributed by atoms with E-state index in [1.807, 2.05) is 29.2 Å². The van der Waals surface area contributed by atoms with Gasteiger partial charge in [-0.2, -0.15) is 0 Å². The Morgan fingerprint density at radius 2 is 1.88 bits per heavy atom. The molecule has 2 aliphatic heterocycles. The summed E-state index contributed by atoms with van der Waals surface area (Å²) in [5, 5.41) is 3.40. The fourth-order valence-electron chi connectivity index (χ4n) is 6.12. The monoisotopic (exact) mass is 566 g/mol. The van der Waals surface area contributed by atoms with Gasteiger partial charge in [-0.05, 0) is 68.3 Å². The molecule has 3 aliphatic rings. The normalized spacial score (nSPS) is 24.6. The third kappa shape index (κ3) is 7.17. The number of carbonyl (C=O) groups is 2. The molecular formula is C31H42N4O6. The maximum Gasteiger partial charge on any atom is 0.415 e. The fourth-order valence-corrected chi connectivity index (χ4v) is 6.12. The van der Waals surface area contributed by atoms with Gasteiger partial charge in [0.25, 0.3) is 5.56 Å². The first-order valence-corrected chi connectivity index (χ1v) is 14.8. The van der Waals surface area contributed by atoms with Crippen molar-refractivity contribution in [3.8, 4) is 5.75 Å². The first kappa shape index (κ1) is 29.3. The molecule has 0 bridgehead atoms. The van der Waals surface area contributed by atoms with Gasteiger partial charge in [0.1, 0.15) is 5.75 Å². The molecule has 1 saturated carbocycles. The van der Waals surface area contributed by atoms with Crippen LogP contribution in [0.2, 0.25) is 0 Å². The van der Waals surface area contributed by atoms with Crippen molar-refractivity contribution in [3.05, 3.63) is 64.6 Å². The molecule has 3 fully saturated rings. The van der Waals surface area contributed by atoms with Gasteiger partial charge in [-0.1, -0.05) is 18.2 Å². The molecule has 10 nitrogen and oxygen atoms in total. The van der Waals surface area contributed by atoms with E-state index in [1.54, 1.807) is 48.0 Å². The number of amides is 2. The molecular weight excluding hydrogens is 524 g/mol. The smallest absolute Gasteiger partial charge is 0.410 e. The van der Waals surface area contributed by atoms with Gasteiger partial charge in [0.2, 0.25) is 5.91 Å². The lowest BCUT2D eigenvalue weighted by molar-refractivity contribution is -0.139. The molecule has 2 saturated heterocycles. The van der Waals surface area contributed by atoms with E-state index in [9.17, 15) is 14.4 Å². The minimum atomic E-state index is -0.424. The van der Waals surface area contributed by atoms with E-state index in [0.717, 1.165) is 37.8 Å². The van der Waals surface area contributed by atoms with Gasteiger partial charge < -0.3 is 29.0 Å². The van der Waals surface area contributed by atoms with Crippen LogP contribution in [0.4, 0.5) is 4.79 Å². The number of hydrogen-bond acceptors (Lipinski definition) is 7. The van der Waals surface area contributed by atoms with E-state index in [2.05, 4.69) is 5.32 Å². The van der Waals surface area contributed by atoms with Crippen LogP contribution in [0.15, 0.2) is 53.5 Å². The number of rotatable bonds is 10. The first-order valence-electron chi connectivity index (χ1n) is 14.8. The Kier molecular flexibility index (Phi) is 9.74. The van der Waals surface area contributed by atoms with Gasteiger partial charge in [0.15, 0.2) is 0 Å². The minimum Gasteiger partial charge on any atom is -0.410 e. The second-order valence-corrected chi connectivity index (χ2v) is 11.4. The molecule has 41 heavy (non-hydrogen) atoms. The maximum absolute atomic E-state index is 14.3. The number of morpholine rings is 1. The molecule has 1 aromatic heterocycles. The summed E-state index contributed by atoms with van der Waals surface area (Å²) in [6.45, 7) is 3.08. The molecule has 2 aromatic rings. The Balaban J connectivity index is 1.37. The van der Waals surface area contributed by atoms with E-state index in [1.165, 1.54) is 0 Å². The summed E-state index contributed by atoms with van der Waals surface area (Å²) in [4.78, 5) is 44.1. The summed E-state index contributed by atoms with van der Waals surface area (Å²) in [7, 11) is 3.40. The van der Waals surface area contributed by atoms with Crippen molar-refractivity contribution in [2.45, 2.75) is 56.1 Å². The predicted octanol–water partition coefficient (Wildman–Crippen LogP) is 2.76. The Labute approximate surface area is 241 Å². The molecule has 10 heteroatoms. The fraction of sp³-hybridized carbons (Fsp3) is 0.581. The van der Waals surface area contributed by atoms with Gasteiger partial charge in [0, 0.05) is 52.2 Å². The Morgan fingerprint density at radius 1 is 1.10 bits per heavy atom. The van der Waals surface area contributed by atoms with Crippen LogP contribution in [0.5, 0.6) is 5.75 Å². The zero-order valence-electron chi connectivity index (χ0n) is 24.1. The molecule has 3 heterocycles. The van der Waals surface area contributed by atoms with Crippen LogP contribution in [0.25, 0.3) is 0 Å². The number of methoxy groups -OCH3 is 1. The third-order valence-electron chi connectivity index (χ3n) is 8.49. The first-order chi connectivity index (χ1) is 20.0. The number of pyridine rings is 1. The molecule has 0 spiro atoms. The molecule has 1 aromatic carbocycles. The van der Waals surface area contributed by atoms with Crippen LogP contribution in [0.1, 0.15) is 43.6 Å². The standard InChI is InChI=1S/C31H42N4O6/c1-33-15-13-22(17-29(33)36)27-12-14-32-18-28(27)30(37)34(23-10-11-23)19-25-21-40-20-24(7-6-16-39-2)35(25)31(38)41-26-8-4-3-5-9-26/h3-5,8-9,13,15,17,23-25,27-28,32H,6-7,10-12,14,16,18-21H2,1-2H3/t24-,25-,27?,28?/m0/s1. The van der Waals surface area contributed by atoms with Crippen molar-refractivity contribution in [2.75, 3.05) is 46.6 Å².